The molecule has 0 aliphatic heterocycles. The molecule has 112 valence electrons. The van der Waals surface area contributed by atoms with Crippen molar-refractivity contribution in [1.82, 2.24) is 24.7 Å². The summed E-state index contributed by atoms with van der Waals surface area (Å²) in [5.74, 6) is 0.909. The molecule has 0 atom stereocenters. The number of likely N-dealkylation sites (N-methyl/N-ethyl adjacent to an activating group) is 1. The zero-order valence-electron chi connectivity index (χ0n) is 12.6. The molecule has 0 fully saturated rings. The first-order chi connectivity index (χ1) is 9.41. The van der Waals surface area contributed by atoms with Gasteiger partial charge in [0.15, 0.2) is 0 Å². The van der Waals surface area contributed by atoms with Gasteiger partial charge < -0.3 is 19.7 Å². The van der Waals surface area contributed by atoms with Crippen molar-refractivity contribution in [2.75, 3.05) is 34.2 Å². The van der Waals surface area contributed by atoms with Gasteiger partial charge in [0.2, 0.25) is 5.91 Å². The fourth-order valence-corrected chi connectivity index (χ4v) is 1.68. The lowest BCUT2D eigenvalue weighted by atomic mass is 10.3. The van der Waals surface area contributed by atoms with Crippen molar-refractivity contribution < 1.29 is 9.59 Å². The number of hydrogen-bond donors (Lipinski definition) is 1. The molecule has 0 spiro atoms. The average Bonchev–Trinajstić information content (AvgIpc) is 2.80. The summed E-state index contributed by atoms with van der Waals surface area (Å²) in [5, 5.41) is 2.56. The van der Waals surface area contributed by atoms with Crippen molar-refractivity contribution in [3.8, 4) is 0 Å². The van der Waals surface area contributed by atoms with Crippen LogP contribution < -0.4 is 5.32 Å². The number of hydrogen-bond acceptors (Lipinski definition) is 3. The maximum atomic E-state index is 11.8. The molecule has 1 aromatic heterocycles. The van der Waals surface area contributed by atoms with Crippen LogP contribution in [0.5, 0.6) is 0 Å². The Morgan fingerprint density at radius 2 is 2.05 bits per heavy atom. The summed E-state index contributed by atoms with van der Waals surface area (Å²) in [5.41, 5.74) is 0. The van der Waals surface area contributed by atoms with Gasteiger partial charge in [0.05, 0.1) is 6.54 Å². The third kappa shape index (κ3) is 4.91. The first kappa shape index (κ1) is 16.0. The van der Waals surface area contributed by atoms with Crippen LogP contribution in [0, 0.1) is 0 Å². The van der Waals surface area contributed by atoms with Crippen molar-refractivity contribution in [1.29, 1.82) is 0 Å². The van der Waals surface area contributed by atoms with E-state index < -0.39 is 0 Å². The van der Waals surface area contributed by atoms with Crippen molar-refractivity contribution in [2.45, 2.75) is 12.8 Å². The molecule has 7 nitrogen and oxygen atoms in total. The van der Waals surface area contributed by atoms with E-state index in [0.29, 0.717) is 6.54 Å². The van der Waals surface area contributed by atoms with Crippen LogP contribution in [0.25, 0.3) is 0 Å². The Bertz CT molecular complexity index is 455. The SMILES string of the molecule is CN(C)C(=O)NCC(=O)N(C)CCCc1nccn1C. The molecule has 0 aliphatic carbocycles. The van der Waals surface area contributed by atoms with E-state index in [1.807, 2.05) is 17.8 Å². The minimum Gasteiger partial charge on any atom is -0.344 e. The minimum absolute atomic E-state index is 0.0237. The molecule has 0 radical (unpaired) electrons. The van der Waals surface area contributed by atoms with Crippen molar-refractivity contribution in [3.05, 3.63) is 18.2 Å². The fourth-order valence-electron chi connectivity index (χ4n) is 1.68. The summed E-state index contributed by atoms with van der Waals surface area (Å²) in [7, 11) is 6.96. The van der Waals surface area contributed by atoms with Crippen LogP contribution >= 0.6 is 0 Å². The fraction of sp³-hybridized carbons (Fsp3) is 0.615. The summed E-state index contributed by atoms with van der Waals surface area (Å²) in [6.45, 7) is 0.666. The number of imidazole rings is 1. The van der Waals surface area contributed by atoms with E-state index in [1.165, 1.54) is 4.90 Å². The van der Waals surface area contributed by atoms with Crippen molar-refractivity contribution >= 4 is 11.9 Å². The highest BCUT2D eigenvalue weighted by molar-refractivity contribution is 5.83. The molecule has 0 aromatic carbocycles. The number of nitrogens with one attached hydrogen (secondary N) is 1. The summed E-state index contributed by atoms with van der Waals surface area (Å²) in [6, 6.07) is -0.264. The highest BCUT2D eigenvalue weighted by Crippen LogP contribution is 2.00. The van der Waals surface area contributed by atoms with Crippen molar-refractivity contribution in [2.24, 2.45) is 7.05 Å². The average molecular weight is 281 g/mol. The Morgan fingerprint density at radius 3 is 2.60 bits per heavy atom. The molecule has 1 aromatic rings. The van der Waals surface area contributed by atoms with Gasteiger partial charge >= 0.3 is 6.03 Å². The maximum absolute atomic E-state index is 11.8. The predicted molar refractivity (Wildman–Crippen MR) is 76.3 cm³/mol. The Hall–Kier alpha value is -2.05. The number of amides is 3. The molecule has 20 heavy (non-hydrogen) atoms. The topological polar surface area (TPSA) is 70.5 Å². The van der Waals surface area contributed by atoms with Crippen LogP contribution in [0.4, 0.5) is 4.79 Å². The van der Waals surface area contributed by atoms with Gasteiger partial charge in [-0.1, -0.05) is 0 Å². The van der Waals surface area contributed by atoms with Crippen LogP contribution in [0.3, 0.4) is 0 Å². The molecule has 0 unspecified atom stereocenters. The summed E-state index contributed by atoms with van der Waals surface area (Å²) >= 11 is 0. The number of carbonyl (C=O) groups is 2. The number of aromatic nitrogens is 2. The van der Waals surface area contributed by atoms with E-state index in [9.17, 15) is 9.59 Å². The van der Waals surface area contributed by atoms with Gasteiger partial charge in [-0.2, -0.15) is 0 Å². The van der Waals surface area contributed by atoms with Gasteiger partial charge in [-0.25, -0.2) is 9.78 Å². The normalized spacial score (nSPS) is 10.2. The lowest BCUT2D eigenvalue weighted by molar-refractivity contribution is -0.128. The van der Waals surface area contributed by atoms with Gasteiger partial charge in [-0.3, -0.25) is 4.79 Å². The predicted octanol–water partition coefficient (Wildman–Crippen LogP) is 0.0823. The molecule has 3 amide bonds. The van der Waals surface area contributed by atoms with Gasteiger partial charge in [0.1, 0.15) is 5.82 Å². The first-order valence-electron chi connectivity index (χ1n) is 6.57. The van der Waals surface area contributed by atoms with Gasteiger partial charge in [0, 0.05) is 53.5 Å². The Kier molecular flexibility index (Phi) is 6.02. The van der Waals surface area contributed by atoms with Crippen LogP contribution in [0.2, 0.25) is 0 Å². The molecule has 0 aliphatic rings. The zero-order chi connectivity index (χ0) is 15.1. The third-order valence-electron chi connectivity index (χ3n) is 3.04. The van der Waals surface area contributed by atoms with Crippen LogP contribution in [0.15, 0.2) is 12.4 Å². The monoisotopic (exact) mass is 281 g/mol. The van der Waals surface area contributed by atoms with Gasteiger partial charge in [-0.15, -0.1) is 0 Å². The van der Waals surface area contributed by atoms with E-state index in [-0.39, 0.29) is 18.5 Å². The Morgan fingerprint density at radius 1 is 1.35 bits per heavy atom. The lowest BCUT2D eigenvalue weighted by Crippen LogP contribution is -2.42. The van der Waals surface area contributed by atoms with Gasteiger partial charge in [0.25, 0.3) is 0 Å². The number of rotatable bonds is 6. The molecular weight excluding hydrogens is 258 g/mol. The molecule has 1 heterocycles. The Labute approximate surface area is 119 Å². The quantitative estimate of drug-likeness (QED) is 0.803. The lowest BCUT2D eigenvalue weighted by Gasteiger charge is -2.18. The second-order valence-electron chi connectivity index (χ2n) is 4.93. The summed E-state index contributed by atoms with van der Waals surface area (Å²) < 4.78 is 1.97. The number of nitrogens with zero attached hydrogens (tertiary/aromatic N) is 4. The third-order valence-corrected chi connectivity index (χ3v) is 3.04. The van der Waals surface area contributed by atoms with Gasteiger partial charge in [-0.05, 0) is 6.42 Å². The molecule has 7 heteroatoms. The molecule has 1 rings (SSSR count). The highest BCUT2D eigenvalue weighted by Gasteiger charge is 2.11. The van der Waals surface area contributed by atoms with E-state index >= 15 is 0 Å². The molecule has 0 saturated carbocycles. The van der Waals surface area contributed by atoms with E-state index in [0.717, 1.165) is 18.7 Å². The number of aryl methyl sites for hydroxylation is 2. The molecular formula is C13H23N5O2. The Balaban J connectivity index is 2.25. The summed E-state index contributed by atoms with van der Waals surface area (Å²) in [6.07, 6.45) is 5.34. The van der Waals surface area contributed by atoms with Crippen molar-refractivity contribution in [3.63, 3.8) is 0 Å². The number of urea groups is 1. The van der Waals surface area contributed by atoms with Crippen LogP contribution in [-0.2, 0) is 18.3 Å². The minimum atomic E-state index is -0.264. The van der Waals surface area contributed by atoms with E-state index in [2.05, 4.69) is 10.3 Å². The standard InChI is InChI=1S/C13H23N5O2/c1-16(2)13(20)15-10-12(19)18(4)8-5-6-11-14-7-9-17(11)3/h7,9H,5-6,8,10H2,1-4H3,(H,15,20). The molecule has 0 bridgehead atoms. The van der Waals surface area contributed by atoms with Crippen LogP contribution in [0.1, 0.15) is 12.2 Å². The van der Waals surface area contributed by atoms with E-state index in [4.69, 9.17) is 0 Å². The molecule has 1 N–H and O–H groups in total. The first-order valence-corrected chi connectivity index (χ1v) is 6.57. The second kappa shape index (κ2) is 7.52. The zero-order valence-corrected chi connectivity index (χ0v) is 12.6. The largest absolute Gasteiger partial charge is 0.344 e. The summed E-state index contributed by atoms with van der Waals surface area (Å²) in [4.78, 5) is 30.4. The van der Waals surface area contributed by atoms with Crippen LogP contribution in [-0.4, -0.2) is 65.5 Å². The number of carbonyl (C=O) groups excluding carboxylic acids is 2. The smallest absolute Gasteiger partial charge is 0.317 e. The second-order valence-corrected chi connectivity index (χ2v) is 4.93. The maximum Gasteiger partial charge on any atom is 0.317 e. The highest BCUT2D eigenvalue weighted by atomic mass is 16.2. The molecule has 0 saturated heterocycles. The van der Waals surface area contributed by atoms with E-state index in [1.54, 1.807) is 32.2 Å².